The fourth-order valence-electron chi connectivity index (χ4n) is 1.00. The van der Waals surface area contributed by atoms with Gasteiger partial charge in [-0.15, -0.1) is 0 Å². The van der Waals surface area contributed by atoms with E-state index in [1.165, 1.54) is 0 Å². The highest BCUT2D eigenvalue weighted by molar-refractivity contribution is 5.83. The average molecular weight is 232 g/mol. The van der Waals surface area contributed by atoms with E-state index in [-0.39, 0.29) is 12.0 Å². The van der Waals surface area contributed by atoms with E-state index in [4.69, 9.17) is 10.2 Å². The maximum Gasteiger partial charge on any atom is 0.328 e. The van der Waals surface area contributed by atoms with Crippen molar-refractivity contribution in [3.05, 3.63) is 0 Å². The summed E-state index contributed by atoms with van der Waals surface area (Å²) in [6.07, 6.45) is 0.182. The first-order valence-corrected chi connectivity index (χ1v) is 5.14. The summed E-state index contributed by atoms with van der Waals surface area (Å²) >= 11 is 0. The van der Waals surface area contributed by atoms with Crippen molar-refractivity contribution >= 4 is 11.9 Å². The van der Waals surface area contributed by atoms with Crippen molar-refractivity contribution in [3.63, 3.8) is 0 Å². The number of carbonyl (C=O) groups is 2. The van der Waals surface area contributed by atoms with Crippen LogP contribution >= 0.6 is 0 Å². The Balaban J connectivity index is 3.86. The highest BCUT2D eigenvalue weighted by Crippen LogP contribution is 1.97. The van der Waals surface area contributed by atoms with Gasteiger partial charge < -0.3 is 20.8 Å². The van der Waals surface area contributed by atoms with Crippen LogP contribution in [0.5, 0.6) is 0 Å². The molecule has 0 radical (unpaired) electrons. The Labute approximate surface area is 95.0 Å². The summed E-state index contributed by atoms with van der Waals surface area (Å²) in [4.78, 5) is 21.8. The van der Waals surface area contributed by atoms with Gasteiger partial charge in [0.15, 0.2) is 0 Å². The number of hydrogen-bond donors (Lipinski definition) is 4. The van der Waals surface area contributed by atoms with Crippen molar-refractivity contribution < 1.29 is 19.8 Å². The summed E-state index contributed by atoms with van der Waals surface area (Å²) in [5.74, 6) is -1.63. The summed E-state index contributed by atoms with van der Waals surface area (Å²) in [6.45, 7) is 5.77. The normalized spacial score (nSPS) is 13.2. The number of nitrogens with one attached hydrogen (secondary N) is 2. The van der Waals surface area contributed by atoms with Crippen LogP contribution in [0.1, 0.15) is 27.2 Å². The molecule has 0 aliphatic heterocycles. The van der Waals surface area contributed by atoms with Crippen LogP contribution in [0.4, 0.5) is 0 Å². The number of aliphatic hydroxyl groups excluding tert-OH is 1. The first-order valence-electron chi connectivity index (χ1n) is 5.14. The molecule has 0 aliphatic rings. The monoisotopic (exact) mass is 232 g/mol. The number of carbonyl (C=O) groups excluding carboxylic acids is 1. The Bertz CT molecular complexity index is 248. The van der Waals surface area contributed by atoms with Crippen LogP contribution in [-0.2, 0) is 9.59 Å². The zero-order valence-electron chi connectivity index (χ0n) is 9.91. The Morgan fingerprint density at radius 2 is 1.88 bits per heavy atom. The van der Waals surface area contributed by atoms with E-state index in [0.29, 0.717) is 6.54 Å². The molecule has 6 heteroatoms. The lowest BCUT2D eigenvalue weighted by Gasteiger charge is -2.20. The lowest BCUT2D eigenvalue weighted by molar-refractivity contribution is -0.142. The molecule has 0 rings (SSSR count). The van der Waals surface area contributed by atoms with Crippen molar-refractivity contribution in [2.24, 2.45) is 0 Å². The Morgan fingerprint density at radius 3 is 2.25 bits per heavy atom. The third kappa shape index (κ3) is 7.19. The first kappa shape index (κ1) is 14.9. The molecule has 6 nitrogen and oxygen atoms in total. The average Bonchev–Trinajstić information content (AvgIpc) is 2.11. The lowest BCUT2D eigenvalue weighted by Crippen LogP contribution is -2.45. The number of amides is 1. The van der Waals surface area contributed by atoms with Gasteiger partial charge in [0.05, 0.1) is 6.61 Å². The number of rotatable bonds is 6. The fraction of sp³-hybridized carbons (Fsp3) is 0.800. The minimum atomic E-state index is -1.24. The molecule has 0 aliphatic carbocycles. The molecule has 1 atom stereocenters. The Kier molecular flexibility index (Phi) is 5.98. The molecule has 0 fully saturated rings. The maximum atomic E-state index is 11.3. The molecule has 16 heavy (non-hydrogen) atoms. The Morgan fingerprint density at radius 1 is 1.31 bits per heavy atom. The molecule has 0 unspecified atom stereocenters. The highest BCUT2D eigenvalue weighted by Gasteiger charge is 2.18. The Hall–Kier alpha value is -1.14. The highest BCUT2D eigenvalue weighted by atomic mass is 16.4. The molecule has 0 saturated heterocycles. The predicted molar refractivity (Wildman–Crippen MR) is 59.0 cm³/mol. The molecule has 0 aromatic rings. The van der Waals surface area contributed by atoms with Gasteiger partial charge in [0.1, 0.15) is 6.04 Å². The maximum absolute atomic E-state index is 11.3. The van der Waals surface area contributed by atoms with E-state index in [1.54, 1.807) is 0 Å². The lowest BCUT2D eigenvalue weighted by atomic mass is 10.1. The molecule has 0 heterocycles. The molecular weight excluding hydrogens is 212 g/mol. The summed E-state index contributed by atoms with van der Waals surface area (Å²) in [6, 6.07) is -1.22. The number of carboxylic acid groups (broad SMARTS) is 1. The van der Waals surface area contributed by atoms with Gasteiger partial charge in [0, 0.05) is 18.5 Å². The van der Waals surface area contributed by atoms with Crippen LogP contribution < -0.4 is 10.6 Å². The van der Waals surface area contributed by atoms with Crippen LogP contribution in [0.2, 0.25) is 0 Å². The minimum Gasteiger partial charge on any atom is -0.480 e. The van der Waals surface area contributed by atoms with Gasteiger partial charge in [0.25, 0.3) is 0 Å². The van der Waals surface area contributed by atoms with E-state index in [1.807, 2.05) is 20.8 Å². The molecule has 0 aromatic carbocycles. The molecular formula is C10H20N2O4. The molecule has 0 bridgehead atoms. The molecule has 0 saturated carbocycles. The second-order valence-electron chi connectivity index (χ2n) is 4.57. The standard InChI is InChI=1S/C10H20N2O4/c1-10(2,3)11-5-4-8(14)12-7(6-13)9(15)16/h7,11,13H,4-6H2,1-3H3,(H,12,14)(H,15,16)/t7-/m0/s1. The van der Waals surface area contributed by atoms with Gasteiger partial charge in [-0.05, 0) is 20.8 Å². The molecule has 1 amide bonds. The summed E-state index contributed by atoms with van der Waals surface area (Å²) < 4.78 is 0. The SMILES string of the molecule is CC(C)(C)NCCC(=O)N[C@@H](CO)C(=O)O. The van der Waals surface area contributed by atoms with Gasteiger partial charge in [0.2, 0.25) is 5.91 Å². The largest absolute Gasteiger partial charge is 0.480 e. The van der Waals surface area contributed by atoms with Crippen LogP contribution in [0.15, 0.2) is 0 Å². The number of aliphatic hydroxyl groups is 1. The van der Waals surface area contributed by atoms with Crippen LogP contribution in [-0.4, -0.2) is 46.8 Å². The molecule has 4 N–H and O–H groups in total. The van der Waals surface area contributed by atoms with Gasteiger partial charge in [-0.1, -0.05) is 0 Å². The number of carboxylic acids is 1. The van der Waals surface area contributed by atoms with Crippen LogP contribution in [0.25, 0.3) is 0 Å². The van der Waals surface area contributed by atoms with E-state index >= 15 is 0 Å². The van der Waals surface area contributed by atoms with Crippen molar-refractivity contribution in [3.8, 4) is 0 Å². The third-order valence-electron chi connectivity index (χ3n) is 1.82. The minimum absolute atomic E-state index is 0.0799. The summed E-state index contributed by atoms with van der Waals surface area (Å²) in [5.41, 5.74) is -0.0799. The first-order chi connectivity index (χ1) is 7.26. The van der Waals surface area contributed by atoms with Crippen molar-refractivity contribution in [1.82, 2.24) is 10.6 Å². The number of aliphatic carboxylic acids is 1. The zero-order valence-corrected chi connectivity index (χ0v) is 9.91. The summed E-state index contributed by atoms with van der Waals surface area (Å²) in [5, 5.41) is 22.6. The molecule has 0 spiro atoms. The second kappa shape index (κ2) is 6.44. The topological polar surface area (TPSA) is 98.7 Å². The summed E-state index contributed by atoms with van der Waals surface area (Å²) in [7, 11) is 0. The van der Waals surface area contributed by atoms with E-state index < -0.39 is 24.5 Å². The van der Waals surface area contributed by atoms with Crippen LogP contribution in [0, 0.1) is 0 Å². The quantitative estimate of drug-likeness (QED) is 0.486. The molecule has 0 aromatic heterocycles. The van der Waals surface area contributed by atoms with E-state index in [0.717, 1.165) is 0 Å². The van der Waals surface area contributed by atoms with Gasteiger partial charge in [-0.3, -0.25) is 4.79 Å². The van der Waals surface area contributed by atoms with Crippen molar-refractivity contribution in [1.29, 1.82) is 0 Å². The van der Waals surface area contributed by atoms with Gasteiger partial charge in [-0.25, -0.2) is 4.79 Å². The predicted octanol–water partition coefficient (Wildman–Crippen LogP) is -0.674. The van der Waals surface area contributed by atoms with E-state index in [9.17, 15) is 9.59 Å². The van der Waals surface area contributed by atoms with Crippen molar-refractivity contribution in [2.45, 2.75) is 38.8 Å². The van der Waals surface area contributed by atoms with Crippen molar-refractivity contribution in [2.75, 3.05) is 13.2 Å². The fourth-order valence-corrected chi connectivity index (χ4v) is 1.00. The number of hydrogen-bond acceptors (Lipinski definition) is 4. The smallest absolute Gasteiger partial charge is 0.328 e. The van der Waals surface area contributed by atoms with Crippen LogP contribution in [0.3, 0.4) is 0 Å². The van der Waals surface area contributed by atoms with Gasteiger partial charge >= 0.3 is 5.97 Å². The van der Waals surface area contributed by atoms with Gasteiger partial charge in [-0.2, -0.15) is 0 Å². The second-order valence-corrected chi connectivity index (χ2v) is 4.57. The third-order valence-corrected chi connectivity index (χ3v) is 1.82. The van der Waals surface area contributed by atoms with E-state index in [2.05, 4.69) is 10.6 Å². The zero-order chi connectivity index (χ0) is 12.8. The molecule has 94 valence electrons.